The van der Waals surface area contributed by atoms with Crippen LogP contribution in [0, 0.1) is 10.1 Å². The number of sulfonamides is 1. The van der Waals surface area contributed by atoms with E-state index in [1.54, 1.807) is 11.3 Å². The smallest absolute Gasteiger partial charge is 0.270 e. The molecule has 0 saturated heterocycles. The Hall–Kier alpha value is -3.28. The monoisotopic (exact) mass is 474 g/mol. The predicted octanol–water partition coefficient (Wildman–Crippen LogP) is 3.49. The lowest BCUT2D eigenvalue weighted by Crippen LogP contribution is -2.34. The molecule has 0 unspecified atom stereocenters. The van der Waals surface area contributed by atoms with Crippen molar-refractivity contribution in [2.75, 3.05) is 25.4 Å². The summed E-state index contributed by atoms with van der Waals surface area (Å²) >= 11 is 1.59. The maximum absolute atomic E-state index is 12.5. The van der Waals surface area contributed by atoms with Crippen LogP contribution in [0.25, 0.3) is 0 Å². The van der Waals surface area contributed by atoms with E-state index in [1.807, 2.05) is 35.8 Å². The highest BCUT2D eigenvalue weighted by Crippen LogP contribution is 2.22. The Bertz CT molecular complexity index is 1190. The Kier molecular flexibility index (Phi) is 7.23. The first-order valence-corrected chi connectivity index (χ1v) is 11.9. The molecule has 0 aliphatic rings. The quantitative estimate of drug-likeness (QED) is 0.362. The second-order valence-electron chi connectivity index (χ2n) is 7.18. The summed E-state index contributed by atoms with van der Waals surface area (Å²) in [6, 6.07) is 12.8. The van der Waals surface area contributed by atoms with Crippen molar-refractivity contribution in [2.45, 2.75) is 10.9 Å². The van der Waals surface area contributed by atoms with E-state index in [1.165, 1.54) is 42.5 Å². The molecule has 0 bridgehead atoms. The van der Waals surface area contributed by atoms with Crippen LogP contribution in [0.5, 0.6) is 0 Å². The van der Waals surface area contributed by atoms with Gasteiger partial charge in [0.2, 0.25) is 0 Å². The number of amides is 1. The van der Waals surface area contributed by atoms with E-state index in [2.05, 4.69) is 10.0 Å². The number of carbonyl (C=O) groups is 1. The van der Waals surface area contributed by atoms with E-state index in [0.717, 1.165) is 11.6 Å². The average molecular weight is 475 g/mol. The number of nitrogens with one attached hydrogen (secondary N) is 2. The van der Waals surface area contributed by atoms with Crippen LogP contribution in [0.3, 0.4) is 0 Å². The topological polar surface area (TPSA) is 122 Å². The summed E-state index contributed by atoms with van der Waals surface area (Å²) in [5.74, 6) is -0.278. The highest BCUT2D eigenvalue weighted by atomic mass is 32.2. The summed E-state index contributed by atoms with van der Waals surface area (Å²) in [5, 5.41) is 17.8. The normalized spacial score (nSPS) is 12.3. The number of hydrogen-bond donors (Lipinski definition) is 2. The van der Waals surface area contributed by atoms with Gasteiger partial charge in [0.05, 0.1) is 15.9 Å². The first-order chi connectivity index (χ1) is 15.2. The highest BCUT2D eigenvalue weighted by Gasteiger charge is 2.19. The van der Waals surface area contributed by atoms with E-state index in [-0.39, 0.29) is 28.2 Å². The molecule has 0 saturated carbocycles. The van der Waals surface area contributed by atoms with Crippen molar-refractivity contribution in [3.63, 3.8) is 0 Å². The van der Waals surface area contributed by atoms with Crippen molar-refractivity contribution in [3.05, 3.63) is 86.6 Å². The van der Waals surface area contributed by atoms with E-state index >= 15 is 0 Å². The predicted molar refractivity (Wildman–Crippen MR) is 123 cm³/mol. The molecule has 0 aliphatic heterocycles. The van der Waals surface area contributed by atoms with E-state index in [4.69, 9.17) is 0 Å². The summed E-state index contributed by atoms with van der Waals surface area (Å²) in [5.41, 5.74) is 1.41. The molecule has 9 nitrogen and oxygen atoms in total. The number of nitrogens with zero attached hydrogens (tertiary/aromatic N) is 2. The van der Waals surface area contributed by atoms with Gasteiger partial charge in [-0.3, -0.25) is 19.6 Å². The number of nitro benzene ring substituents is 1. The standard InChI is InChI=1S/C21H22N4O5S2/c1-24(2)20(16-10-11-31-14-16)13-22-21(26)15-6-8-17(9-7-15)23-32(29,30)19-5-3-4-18(12-19)25(27)28/h3-12,14,20,23H,13H2,1-2H3,(H,22,26)/t20-/m1/s1. The van der Waals surface area contributed by atoms with Crippen LogP contribution in [0.4, 0.5) is 11.4 Å². The number of nitro groups is 1. The molecule has 0 aliphatic carbocycles. The molecular weight excluding hydrogens is 452 g/mol. The van der Waals surface area contributed by atoms with Gasteiger partial charge in [-0.1, -0.05) is 6.07 Å². The van der Waals surface area contributed by atoms with Gasteiger partial charge < -0.3 is 10.2 Å². The molecule has 0 spiro atoms. The largest absolute Gasteiger partial charge is 0.350 e. The maximum Gasteiger partial charge on any atom is 0.270 e. The van der Waals surface area contributed by atoms with Crippen molar-refractivity contribution in [1.82, 2.24) is 10.2 Å². The fraction of sp³-hybridized carbons (Fsp3) is 0.190. The number of thiophene rings is 1. The molecule has 32 heavy (non-hydrogen) atoms. The Morgan fingerprint density at radius 1 is 1.16 bits per heavy atom. The number of rotatable bonds is 9. The first kappa shape index (κ1) is 23.4. The van der Waals surface area contributed by atoms with Crippen LogP contribution in [0.15, 0.2) is 70.3 Å². The molecule has 168 valence electrons. The van der Waals surface area contributed by atoms with Crippen molar-refractivity contribution in [3.8, 4) is 0 Å². The summed E-state index contributed by atoms with van der Waals surface area (Å²) in [6.07, 6.45) is 0. The van der Waals surface area contributed by atoms with Gasteiger partial charge in [-0.05, 0) is 66.8 Å². The highest BCUT2D eigenvalue weighted by molar-refractivity contribution is 7.92. The fourth-order valence-electron chi connectivity index (χ4n) is 3.02. The number of hydrogen-bond acceptors (Lipinski definition) is 7. The zero-order valence-electron chi connectivity index (χ0n) is 17.4. The third kappa shape index (κ3) is 5.69. The van der Waals surface area contributed by atoms with E-state index in [0.29, 0.717) is 12.1 Å². The van der Waals surface area contributed by atoms with Crippen LogP contribution < -0.4 is 10.0 Å². The minimum Gasteiger partial charge on any atom is -0.350 e. The van der Waals surface area contributed by atoms with E-state index < -0.39 is 14.9 Å². The third-order valence-corrected chi connectivity index (χ3v) is 6.83. The number of benzene rings is 2. The molecule has 1 heterocycles. The molecule has 3 rings (SSSR count). The zero-order valence-corrected chi connectivity index (χ0v) is 19.0. The molecule has 2 aromatic carbocycles. The Morgan fingerprint density at radius 3 is 2.47 bits per heavy atom. The van der Waals surface area contributed by atoms with Crippen molar-refractivity contribution >= 4 is 38.6 Å². The SMILES string of the molecule is CN(C)[C@H](CNC(=O)c1ccc(NS(=O)(=O)c2cccc([N+](=O)[O-])c2)cc1)c1ccsc1. The maximum atomic E-state index is 12.5. The second kappa shape index (κ2) is 9.90. The van der Waals surface area contributed by atoms with Gasteiger partial charge in [-0.25, -0.2) is 8.42 Å². The van der Waals surface area contributed by atoms with Gasteiger partial charge in [-0.2, -0.15) is 11.3 Å². The van der Waals surface area contributed by atoms with Gasteiger partial charge in [-0.15, -0.1) is 0 Å². The Morgan fingerprint density at radius 2 is 1.88 bits per heavy atom. The van der Waals surface area contributed by atoms with Gasteiger partial charge in [0.1, 0.15) is 0 Å². The second-order valence-corrected chi connectivity index (χ2v) is 9.65. The van der Waals surface area contributed by atoms with Crippen LogP contribution in [0.2, 0.25) is 0 Å². The molecule has 1 amide bonds. The molecule has 0 fully saturated rings. The summed E-state index contributed by atoms with van der Waals surface area (Å²) < 4.78 is 27.4. The molecule has 11 heteroatoms. The number of non-ortho nitro benzene ring substituents is 1. The van der Waals surface area contributed by atoms with Gasteiger partial charge in [0, 0.05) is 29.9 Å². The van der Waals surface area contributed by atoms with Crippen LogP contribution >= 0.6 is 11.3 Å². The molecular formula is C21H22N4O5S2. The molecule has 1 atom stereocenters. The number of carbonyl (C=O) groups excluding carboxylic acids is 1. The minimum absolute atomic E-state index is 0.0335. The molecule has 1 aromatic heterocycles. The van der Waals surface area contributed by atoms with Crippen LogP contribution in [0.1, 0.15) is 22.0 Å². The number of likely N-dealkylation sites (N-methyl/N-ethyl adjacent to an activating group) is 1. The first-order valence-electron chi connectivity index (χ1n) is 9.51. The third-order valence-electron chi connectivity index (χ3n) is 4.75. The zero-order chi connectivity index (χ0) is 23.3. The lowest BCUT2D eigenvalue weighted by atomic mass is 10.1. The molecule has 2 N–H and O–H groups in total. The molecule has 0 radical (unpaired) electrons. The number of anilines is 1. The lowest BCUT2D eigenvalue weighted by molar-refractivity contribution is -0.385. The van der Waals surface area contributed by atoms with Gasteiger partial charge in [0.15, 0.2) is 0 Å². The van der Waals surface area contributed by atoms with Crippen LogP contribution in [-0.2, 0) is 10.0 Å². The van der Waals surface area contributed by atoms with Crippen molar-refractivity contribution in [1.29, 1.82) is 0 Å². The summed E-state index contributed by atoms with van der Waals surface area (Å²) in [6.45, 7) is 0.420. The summed E-state index contributed by atoms with van der Waals surface area (Å²) in [4.78, 5) is 24.6. The van der Waals surface area contributed by atoms with Crippen LogP contribution in [-0.4, -0.2) is 44.8 Å². The van der Waals surface area contributed by atoms with E-state index in [9.17, 15) is 23.3 Å². The molecule has 3 aromatic rings. The minimum atomic E-state index is -4.02. The Balaban J connectivity index is 1.66. The van der Waals surface area contributed by atoms with Gasteiger partial charge in [0.25, 0.3) is 21.6 Å². The van der Waals surface area contributed by atoms with Crippen molar-refractivity contribution in [2.24, 2.45) is 0 Å². The fourth-order valence-corrected chi connectivity index (χ4v) is 4.83. The van der Waals surface area contributed by atoms with Gasteiger partial charge >= 0.3 is 0 Å². The van der Waals surface area contributed by atoms with Crippen molar-refractivity contribution < 1.29 is 18.1 Å². The summed E-state index contributed by atoms with van der Waals surface area (Å²) in [7, 11) is -0.136. The Labute approximate surface area is 189 Å². The average Bonchev–Trinajstić information content (AvgIpc) is 3.28. The lowest BCUT2D eigenvalue weighted by Gasteiger charge is -2.24.